The number of ether oxygens (including phenoxy) is 1. The Hall–Kier alpha value is -0.650. The highest BCUT2D eigenvalue weighted by Gasteiger charge is 2.02. The van der Waals surface area contributed by atoms with Crippen molar-refractivity contribution in [2.75, 3.05) is 39.3 Å². The molecule has 0 saturated heterocycles. The van der Waals surface area contributed by atoms with Gasteiger partial charge in [0.25, 0.3) is 0 Å². The molecule has 0 aliphatic heterocycles. The van der Waals surface area contributed by atoms with Crippen LogP contribution in [-0.2, 0) is 0 Å². The summed E-state index contributed by atoms with van der Waals surface area (Å²) < 4.78 is 19.1. The summed E-state index contributed by atoms with van der Waals surface area (Å²) in [7, 11) is 0. The zero-order valence-corrected chi connectivity index (χ0v) is 13.2. The first-order valence-corrected chi connectivity index (χ1v) is 7.47. The van der Waals surface area contributed by atoms with Crippen LogP contribution in [0.2, 0.25) is 0 Å². The number of likely N-dealkylation sites (N-methyl/N-ethyl adjacent to an activating group) is 1. The van der Waals surface area contributed by atoms with Crippen molar-refractivity contribution in [1.29, 1.82) is 0 Å². The van der Waals surface area contributed by atoms with Crippen molar-refractivity contribution in [2.45, 2.75) is 13.8 Å². The van der Waals surface area contributed by atoms with Gasteiger partial charge in [0.05, 0.1) is 4.47 Å². The molecule has 1 aromatic carbocycles. The SMILES string of the molecule is CCN(CC)CCNCCOc1ccc(F)cc1Br. The van der Waals surface area contributed by atoms with Gasteiger partial charge in [0, 0.05) is 19.6 Å². The van der Waals surface area contributed by atoms with Gasteiger partial charge in [0.1, 0.15) is 18.2 Å². The zero-order valence-electron chi connectivity index (χ0n) is 11.6. The highest BCUT2D eigenvalue weighted by molar-refractivity contribution is 9.10. The van der Waals surface area contributed by atoms with Crippen LogP contribution in [0.1, 0.15) is 13.8 Å². The number of nitrogens with zero attached hydrogens (tertiary/aromatic N) is 1. The number of rotatable bonds is 9. The van der Waals surface area contributed by atoms with Crippen LogP contribution >= 0.6 is 15.9 Å². The first-order valence-electron chi connectivity index (χ1n) is 6.68. The largest absolute Gasteiger partial charge is 0.491 e. The van der Waals surface area contributed by atoms with Gasteiger partial charge < -0.3 is 15.0 Å². The lowest BCUT2D eigenvalue weighted by Crippen LogP contribution is -2.33. The molecular formula is C14H22BrFN2O. The predicted molar refractivity (Wildman–Crippen MR) is 80.3 cm³/mol. The predicted octanol–water partition coefficient (Wildman–Crippen LogP) is 2.90. The molecule has 3 nitrogen and oxygen atoms in total. The van der Waals surface area contributed by atoms with E-state index >= 15 is 0 Å². The molecule has 0 radical (unpaired) electrons. The Bertz CT molecular complexity index is 372. The molecule has 5 heteroatoms. The Labute approximate surface area is 123 Å². The van der Waals surface area contributed by atoms with E-state index in [4.69, 9.17) is 4.74 Å². The molecule has 0 aliphatic rings. The smallest absolute Gasteiger partial charge is 0.133 e. The second-order valence-corrected chi connectivity index (χ2v) is 5.05. The molecule has 0 spiro atoms. The normalized spacial score (nSPS) is 11.0. The van der Waals surface area contributed by atoms with Gasteiger partial charge in [-0.15, -0.1) is 0 Å². The molecule has 108 valence electrons. The Balaban J connectivity index is 2.14. The molecule has 1 rings (SSSR count). The minimum atomic E-state index is -0.267. The Morgan fingerprint density at radius 3 is 2.63 bits per heavy atom. The van der Waals surface area contributed by atoms with Crippen LogP contribution in [0.4, 0.5) is 4.39 Å². The van der Waals surface area contributed by atoms with E-state index in [2.05, 4.69) is 40.0 Å². The number of benzene rings is 1. The van der Waals surface area contributed by atoms with Crippen LogP contribution in [0.15, 0.2) is 22.7 Å². The molecular weight excluding hydrogens is 311 g/mol. The molecule has 0 amide bonds. The third kappa shape index (κ3) is 6.36. The van der Waals surface area contributed by atoms with Gasteiger partial charge in [-0.1, -0.05) is 13.8 Å². The molecule has 1 N–H and O–H groups in total. The molecule has 0 saturated carbocycles. The summed E-state index contributed by atoms with van der Waals surface area (Å²) in [4.78, 5) is 2.37. The minimum Gasteiger partial charge on any atom is -0.491 e. The maximum atomic E-state index is 12.9. The van der Waals surface area contributed by atoms with Crippen LogP contribution in [0.5, 0.6) is 5.75 Å². The van der Waals surface area contributed by atoms with Crippen LogP contribution in [0, 0.1) is 5.82 Å². The monoisotopic (exact) mass is 332 g/mol. The highest BCUT2D eigenvalue weighted by atomic mass is 79.9. The van der Waals surface area contributed by atoms with Gasteiger partial charge in [-0.25, -0.2) is 4.39 Å². The van der Waals surface area contributed by atoms with Crippen LogP contribution < -0.4 is 10.1 Å². The average molecular weight is 333 g/mol. The lowest BCUT2D eigenvalue weighted by Gasteiger charge is -2.18. The molecule has 1 aromatic rings. The fourth-order valence-corrected chi connectivity index (χ4v) is 2.19. The summed E-state index contributed by atoms with van der Waals surface area (Å²) in [6, 6.07) is 4.44. The van der Waals surface area contributed by atoms with Gasteiger partial charge in [-0.2, -0.15) is 0 Å². The molecule has 0 heterocycles. The highest BCUT2D eigenvalue weighted by Crippen LogP contribution is 2.25. The molecule has 0 unspecified atom stereocenters. The second-order valence-electron chi connectivity index (χ2n) is 4.20. The molecule has 19 heavy (non-hydrogen) atoms. The van der Waals surface area contributed by atoms with Crippen LogP contribution in [-0.4, -0.2) is 44.2 Å². The van der Waals surface area contributed by atoms with Gasteiger partial charge in [-0.05, 0) is 47.2 Å². The second kappa shape index (κ2) is 9.28. The van der Waals surface area contributed by atoms with Crippen molar-refractivity contribution in [3.63, 3.8) is 0 Å². The van der Waals surface area contributed by atoms with Gasteiger partial charge in [-0.3, -0.25) is 0 Å². The molecule has 0 aromatic heterocycles. The lowest BCUT2D eigenvalue weighted by atomic mass is 10.3. The third-order valence-electron chi connectivity index (χ3n) is 2.93. The molecule has 0 bridgehead atoms. The molecule has 0 aliphatic carbocycles. The first kappa shape index (κ1) is 16.4. The van der Waals surface area contributed by atoms with Crippen molar-refractivity contribution in [3.8, 4) is 5.75 Å². The summed E-state index contributed by atoms with van der Waals surface area (Å²) >= 11 is 3.28. The summed E-state index contributed by atoms with van der Waals surface area (Å²) in [6.45, 7) is 9.85. The lowest BCUT2D eigenvalue weighted by molar-refractivity contribution is 0.285. The van der Waals surface area contributed by atoms with Crippen molar-refractivity contribution < 1.29 is 9.13 Å². The standard InChI is InChI=1S/C14H22BrFN2O/c1-3-18(4-2)9-7-17-8-10-19-14-6-5-12(16)11-13(14)15/h5-6,11,17H,3-4,7-10H2,1-2H3. The number of hydrogen-bond donors (Lipinski definition) is 1. The van der Waals surface area contributed by atoms with E-state index in [1.54, 1.807) is 6.07 Å². The van der Waals surface area contributed by atoms with Gasteiger partial charge in [0.15, 0.2) is 0 Å². The summed E-state index contributed by atoms with van der Waals surface area (Å²) in [6.07, 6.45) is 0. The van der Waals surface area contributed by atoms with Crippen LogP contribution in [0.3, 0.4) is 0 Å². The van der Waals surface area contributed by atoms with Gasteiger partial charge in [0.2, 0.25) is 0 Å². The maximum absolute atomic E-state index is 12.9. The number of hydrogen-bond acceptors (Lipinski definition) is 3. The molecule has 0 fully saturated rings. The van der Waals surface area contributed by atoms with Crippen molar-refractivity contribution in [3.05, 3.63) is 28.5 Å². The quantitative estimate of drug-likeness (QED) is 0.704. The summed E-state index contributed by atoms with van der Waals surface area (Å²) in [5.41, 5.74) is 0. The third-order valence-corrected chi connectivity index (χ3v) is 3.55. The Morgan fingerprint density at radius 2 is 2.00 bits per heavy atom. The van der Waals surface area contributed by atoms with Crippen LogP contribution in [0.25, 0.3) is 0 Å². The first-order chi connectivity index (χ1) is 9.17. The van der Waals surface area contributed by atoms with E-state index in [0.29, 0.717) is 16.8 Å². The number of nitrogens with one attached hydrogen (secondary N) is 1. The van der Waals surface area contributed by atoms with E-state index in [1.165, 1.54) is 12.1 Å². The van der Waals surface area contributed by atoms with Crippen molar-refractivity contribution in [1.82, 2.24) is 10.2 Å². The van der Waals surface area contributed by atoms with E-state index in [0.717, 1.165) is 32.7 Å². The molecule has 0 atom stereocenters. The van der Waals surface area contributed by atoms with Crippen molar-refractivity contribution >= 4 is 15.9 Å². The minimum absolute atomic E-state index is 0.267. The fraction of sp³-hybridized carbons (Fsp3) is 0.571. The number of halogens is 2. The van der Waals surface area contributed by atoms with E-state index in [-0.39, 0.29) is 5.82 Å². The van der Waals surface area contributed by atoms with Gasteiger partial charge >= 0.3 is 0 Å². The zero-order chi connectivity index (χ0) is 14.1. The Morgan fingerprint density at radius 1 is 1.26 bits per heavy atom. The topological polar surface area (TPSA) is 24.5 Å². The summed E-state index contributed by atoms with van der Waals surface area (Å²) in [5, 5.41) is 3.33. The van der Waals surface area contributed by atoms with E-state index in [1.807, 2.05) is 0 Å². The van der Waals surface area contributed by atoms with E-state index < -0.39 is 0 Å². The average Bonchev–Trinajstić information content (AvgIpc) is 2.40. The van der Waals surface area contributed by atoms with Crippen molar-refractivity contribution in [2.24, 2.45) is 0 Å². The maximum Gasteiger partial charge on any atom is 0.133 e. The summed E-state index contributed by atoms with van der Waals surface area (Å²) in [5.74, 6) is 0.406. The fourth-order valence-electron chi connectivity index (χ4n) is 1.73. The Kier molecular flexibility index (Phi) is 8.02. The van der Waals surface area contributed by atoms with E-state index in [9.17, 15) is 4.39 Å².